The summed E-state index contributed by atoms with van der Waals surface area (Å²) in [5, 5.41) is 3.63. The van der Waals surface area contributed by atoms with E-state index in [-0.39, 0.29) is 18.2 Å². The Kier molecular flexibility index (Phi) is 12.6. The van der Waals surface area contributed by atoms with Crippen LogP contribution < -0.4 is 5.32 Å². The number of benzene rings is 1. The fourth-order valence-electron chi connectivity index (χ4n) is 3.24. The molecule has 5 heteroatoms. The van der Waals surface area contributed by atoms with Gasteiger partial charge in [-0.1, -0.05) is 76.6 Å². The Morgan fingerprint density at radius 2 is 1.50 bits per heavy atom. The van der Waals surface area contributed by atoms with Crippen LogP contribution in [0.5, 0.6) is 0 Å². The van der Waals surface area contributed by atoms with Gasteiger partial charge in [-0.05, 0) is 37.0 Å². The Morgan fingerprint density at radius 1 is 0.929 bits per heavy atom. The summed E-state index contributed by atoms with van der Waals surface area (Å²) in [5.41, 5.74) is 0.896. The highest BCUT2D eigenvalue weighted by atomic mass is 35.5. The molecule has 0 aliphatic carbocycles. The van der Waals surface area contributed by atoms with Gasteiger partial charge in [0, 0.05) is 18.1 Å². The number of unbranched alkanes of at least 4 members (excludes halogenated alkanes) is 4. The van der Waals surface area contributed by atoms with E-state index in [9.17, 15) is 9.59 Å². The molecule has 0 heterocycles. The molecule has 1 unspecified atom stereocenters. The number of hydrogen-bond acceptors (Lipinski definition) is 2. The topological polar surface area (TPSA) is 49.4 Å². The monoisotopic (exact) mass is 408 g/mol. The van der Waals surface area contributed by atoms with E-state index in [0.717, 1.165) is 63.6 Å². The fourth-order valence-corrected chi connectivity index (χ4v) is 3.36. The first kappa shape index (κ1) is 24.5. The van der Waals surface area contributed by atoms with Gasteiger partial charge in [-0.15, -0.1) is 0 Å². The Hall–Kier alpha value is -1.55. The number of amides is 2. The summed E-state index contributed by atoms with van der Waals surface area (Å²) in [6.45, 7) is 7.94. The average molecular weight is 409 g/mol. The normalized spacial score (nSPS) is 11.9. The van der Waals surface area contributed by atoms with Crippen molar-refractivity contribution in [1.82, 2.24) is 10.2 Å². The van der Waals surface area contributed by atoms with Crippen molar-refractivity contribution < 1.29 is 9.59 Å². The van der Waals surface area contributed by atoms with Crippen LogP contribution in [0.3, 0.4) is 0 Å². The highest BCUT2D eigenvalue weighted by Gasteiger charge is 2.24. The molecular formula is C23H37ClN2O2. The predicted octanol–water partition coefficient (Wildman–Crippen LogP) is 5.38. The van der Waals surface area contributed by atoms with Crippen LogP contribution in [0.1, 0.15) is 77.7 Å². The summed E-state index contributed by atoms with van der Waals surface area (Å²) in [5.74, 6) is -0.0466. The number of rotatable bonds is 14. The lowest BCUT2D eigenvalue weighted by Crippen LogP contribution is -2.49. The van der Waals surface area contributed by atoms with E-state index < -0.39 is 6.04 Å². The van der Waals surface area contributed by atoms with Crippen LogP contribution >= 0.6 is 11.6 Å². The summed E-state index contributed by atoms with van der Waals surface area (Å²) in [4.78, 5) is 27.6. The van der Waals surface area contributed by atoms with Crippen LogP contribution in [0.2, 0.25) is 5.02 Å². The Morgan fingerprint density at radius 3 is 2.00 bits per heavy atom. The lowest BCUT2D eigenvalue weighted by molar-refractivity contribution is -0.136. The quantitative estimate of drug-likeness (QED) is 0.420. The van der Waals surface area contributed by atoms with Gasteiger partial charge in [-0.3, -0.25) is 9.59 Å². The molecule has 2 amide bonds. The van der Waals surface area contributed by atoms with Gasteiger partial charge >= 0.3 is 0 Å². The zero-order chi connectivity index (χ0) is 20.8. The maximum absolute atomic E-state index is 13.1. The highest BCUT2D eigenvalue weighted by Crippen LogP contribution is 2.11. The van der Waals surface area contributed by atoms with E-state index in [4.69, 9.17) is 11.6 Å². The standard InChI is InChI=1S/C23H37ClN2O2/c1-4-7-9-16-26(17-10-8-5-2)23(28)21(11-6-3)25-22(27)18-19-12-14-20(24)15-13-19/h12-15,21H,4-11,16-18H2,1-3H3,(H,25,27). The summed E-state index contributed by atoms with van der Waals surface area (Å²) in [6.07, 6.45) is 8.34. The molecule has 4 nitrogen and oxygen atoms in total. The van der Waals surface area contributed by atoms with E-state index in [1.165, 1.54) is 0 Å². The molecule has 1 aromatic rings. The van der Waals surface area contributed by atoms with Gasteiger partial charge in [0.15, 0.2) is 0 Å². The summed E-state index contributed by atoms with van der Waals surface area (Å²) in [6, 6.07) is 6.82. The van der Waals surface area contributed by atoms with E-state index in [0.29, 0.717) is 11.4 Å². The van der Waals surface area contributed by atoms with Gasteiger partial charge in [0.25, 0.3) is 0 Å². The first-order valence-electron chi connectivity index (χ1n) is 10.8. The molecular weight excluding hydrogens is 372 g/mol. The second-order valence-electron chi connectivity index (χ2n) is 7.45. The van der Waals surface area contributed by atoms with Crippen molar-refractivity contribution in [3.05, 3.63) is 34.9 Å². The van der Waals surface area contributed by atoms with Crippen LogP contribution in [-0.2, 0) is 16.0 Å². The number of carbonyl (C=O) groups excluding carboxylic acids is 2. The Labute approximate surface area is 176 Å². The molecule has 0 spiro atoms. The third-order valence-corrected chi connectivity index (χ3v) is 5.12. The van der Waals surface area contributed by atoms with Crippen molar-refractivity contribution in [2.24, 2.45) is 0 Å². The molecule has 0 aromatic heterocycles. The van der Waals surface area contributed by atoms with Crippen molar-refractivity contribution in [3.63, 3.8) is 0 Å². The SMILES string of the molecule is CCCCCN(CCCCC)C(=O)C(CCC)NC(=O)Cc1ccc(Cl)cc1. The third-order valence-electron chi connectivity index (χ3n) is 4.86. The lowest BCUT2D eigenvalue weighted by Gasteiger charge is -2.28. The van der Waals surface area contributed by atoms with Crippen LogP contribution in [0.4, 0.5) is 0 Å². The molecule has 0 bridgehead atoms. The van der Waals surface area contributed by atoms with Crippen LogP contribution in [-0.4, -0.2) is 35.8 Å². The molecule has 1 aromatic carbocycles. The first-order chi connectivity index (χ1) is 13.5. The number of carbonyl (C=O) groups is 2. The molecule has 0 aliphatic rings. The van der Waals surface area contributed by atoms with Gasteiger partial charge in [0.05, 0.1) is 6.42 Å². The Balaban J connectivity index is 2.72. The van der Waals surface area contributed by atoms with Gasteiger partial charge in [0.1, 0.15) is 6.04 Å². The molecule has 1 atom stereocenters. The average Bonchev–Trinajstić information content (AvgIpc) is 2.68. The van der Waals surface area contributed by atoms with Gasteiger partial charge < -0.3 is 10.2 Å². The largest absolute Gasteiger partial charge is 0.344 e. The van der Waals surface area contributed by atoms with Gasteiger partial charge in [-0.25, -0.2) is 0 Å². The summed E-state index contributed by atoms with van der Waals surface area (Å²) in [7, 11) is 0. The number of nitrogens with zero attached hydrogens (tertiary/aromatic N) is 1. The third kappa shape index (κ3) is 9.59. The first-order valence-corrected chi connectivity index (χ1v) is 11.2. The molecule has 0 saturated heterocycles. The summed E-state index contributed by atoms with van der Waals surface area (Å²) >= 11 is 5.90. The summed E-state index contributed by atoms with van der Waals surface area (Å²) < 4.78 is 0. The van der Waals surface area contributed by atoms with Crippen molar-refractivity contribution in [2.75, 3.05) is 13.1 Å². The van der Waals surface area contributed by atoms with E-state index >= 15 is 0 Å². The maximum Gasteiger partial charge on any atom is 0.245 e. The van der Waals surface area contributed by atoms with E-state index in [1.54, 1.807) is 12.1 Å². The fraction of sp³-hybridized carbons (Fsp3) is 0.652. The zero-order valence-electron chi connectivity index (χ0n) is 17.8. The molecule has 0 radical (unpaired) electrons. The minimum atomic E-state index is -0.437. The van der Waals surface area contributed by atoms with Crippen molar-refractivity contribution in [2.45, 2.75) is 84.6 Å². The van der Waals surface area contributed by atoms with Crippen molar-refractivity contribution >= 4 is 23.4 Å². The smallest absolute Gasteiger partial charge is 0.245 e. The molecule has 1 N–H and O–H groups in total. The van der Waals surface area contributed by atoms with Crippen LogP contribution in [0.15, 0.2) is 24.3 Å². The Bertz CT molecular complexity index is 564. The number of hydrogen-bond donors (Lipinski definition) is 1. The highest BCUT2D eigenvalue weighted by molar-refractivity contribution is 6.30. The van der Waals surface area contributed by atoms with Crippen LogP contribution in [0, 0.1) is 0 Å². The van der Waals surface area contributed by atoms with E-state index in [1.807, 2.05) is 24.0 Å². The minimum absolute atomic E-state index is 0.0681. The molecule has 0 fully saturated rings. The number of halogens is 1. The number of nitrogens with one attached hydrogen (secondary N) is 1. The van der Waals surface area contributed by atoms with Crippen molar-refractivity contribution in [3.8, 4) is 0 Å². The van der Waals surface area contributed by atoms with Crippen molar-refractivity contribution in [1.29, 1.82) is 0 Å². The predicted molar refractivity (Wildman–Crippen MR) is 118 cm³/mol. The maximum atomic E-state index is 13.1. The lowest BCUT2D eigenvalue weighted by atomic mass is 10.1. The van der Waals surface area contributed by atoms with Gasteiger partial charge in [-0.2, -0.15) is 0 Å². The molecule has 0 saturated carbocycles. The second-order valence-corrected chi connectivity index (χ2v) is 7.89. The molecule has 1 rings (SSSR count). The van der Waals surface area contributed by atoms with E-state index in [2.05, 4.69) is 19.2 Å². The minimum Gasteiger partial charge on any atom is -0.344 e. The second kappa shape index (κ2) is 14.4. The molecule has 0 aliphatic heterocycles. The molecule has 28 heavy (non-hydrogen) atoms. The zero-order valence-corrected chi connectivity index (χ0v) is 18.6. The van der Waals surface area contributed by atoms with Gasteiger partial charge in [0.2, 0.25) is 11.8 Å². The molecule has 158 valence electrons. The van der Waals surface area contributed by atoms with Crippen LogP contribution in [0.25, 0.3) is 0 Å².